The maximum atomic E-state index is 13.2. The van der Waals surface area contributed by atoms with E-state index in [1.807, 2.05) is 40.6 Å². The SMILES string of the molecule is CC1CN(c2nc(-c3nnc4n3CCN(C(=O)c3ccc(-c5cccs5)cc3)C4)cs2)C(C)CO1. The fourth-order valence-electron chi connectivity index (χ4n) is 4.59. The molecule has 2 aliphatic rings. The Morgan fingerprint density at radius 3 is 2.74 bits per heavy atom. The van der Waals surface area contributed by atoms with Gasteiger partial charge in [-0.3, -0.25) is 4.79 Å². The lowest BCUT2D eigenvalue weighted by atomic mass is 10.1. The summed E-state index contributed by atoms with van der Waals surface area (Å²) in [6.45, 7) is 7.48. The number of carbonyl (C=O) groups excluding carboxylic acids is 1. The smallest absolute Gasteiger partial charge is 0.254 e. The third-order valence-corrected chi connectivity index (χ3v) is 8.35. The van der Waals surface area contributed by atoms with Crippen LogP contribution in [0.15, 0.2) is 47.2 Å². The molecule has 0 spiro atoms. The van der Waals surface area contributed by atoms with Gasteiger partial charge in [0.25, 0.3) is 5.91 Å². The molecule has 1 fully saturated rings. The van der Waals surface area contributed by atoms with E-state index in [4.69, 9.17) is 9.72 Å². The molecule has 0 N–H and O–H groups in total. The topological polar surface area (TPSA) is 76.4 Å². The van der Waals surface area contributed by atoms with E-state index in [1.165, 1.54) is 4.88 Å². The number of nitrogens with zero attached hydrogens (tertiary/aromatic N) is 6. The van der Waals surface area contributed by atoms with Crippen LogP contribution in [-0.4, -0.2) is 62.4 Å². The number of benzene rings is 1. The molecule has 8 nitrogen and oxygen atoms in total. The van der Waals surface area contributed by atoms with Crippen LogP contribution >= 0.6 is 22.7 Å². The van der Waals surface area contributed by atoms with E-state index in [0.29, 0.717) is 31.8 Å². The van der Waals surface area contributed by atoms with Crippen LogP contribution in [0, 0.1) is 0 Å². The summed E-state index contributed by atoms with van der Waals surface area (Å²) in [6, 6.07) is 12.3. The zero-order valence-corrected chi connectivity index (χ0v) is 21.3. The van der Waals surface area contributed by atoms with Gasteiger partial charge in [-0.05, 0) is 43.0 Å². The van der Waals surface area contributed by atoms with Crippen molar-refractivity contribution in [3.63, 3.8) is 0 Å². The van der Waals surface area contributed by atoms with Gasteiger partial charge in [-0.25, -0.2) is 4.98 Å². The minimum atomic E-state index is 0.0184. The van der Waals surface area contributed by atoms with Crippen LogP contribution < -0.4 is 4.90 Å². The summed E-state index contributed by atoms with van der Waals surface area (Å²) < 4.78 is 7.85. The van der Waals surface area contributed by atoms with E-state index < -0.39 is 0 Å². The molecule has 6 rings (SSSR count). The van der Waals surface area contributed by atoms with Crippen molar-refractivity contribution in [3.05, 3.63) is 58.5 Å². The number of ether oxygens (including phenoxy) is 1. The summed E-state index contributed by atoms with van der Waals surface area (Å²) in [7, 11) is 0. The molecule has 0 saturated carbocycles. The van der Waals surface area contributed by atoms with Gasteiger partial charge < -0.3 is 19.1 Å². The predicted molar refractivity (Wildman–Crippen MR) is 138 cm³/mol. The monoisotopic (exact) mass is 506 g/mol. The molecule has 2 atom stereocenters. The van der Waals surface area contributed by atoms with Crippen molar-refractivity contribution in [2.75, 3.05) is 24.6 Å². The highest BCUT2D eigenvalue weighted by Gasteiger charge is 2.29. The van der Waals surface area contributed by atoms with Crippen molar-refractivity contribution >= 4 is 33.7 Å². The minimum absolute atomic E-state index is 0.0184. The highest BCUT2D eigenvalue weighted by molar-refractivity contribution is 7.14. The summed E-state index contributed by atoms with van der Waals surface area (Å²) in [5, 5.41) is 13.9. The average Bonchev–Trinajstić information content (AvgIpc) is 3.65. The van der Waals surface area contributed by atoms with Crippen LogP contribution in [0.25, 0.3) is 22.0 Å². The maximum Gasteiger partial charge on any atom is 0.254 e. The van der Waals surface area contributed by atoms with Gasteiger partial charge in [-0.1, -0.05) is 18.2 Å². The fraction of sp³-hybridized carbons (Fsp3) is 0.360. The van der Waals surface area contributed by atoms with Crippen LogP contribution in [0.1, 0.15) is 30.0 Å². The zero-order chi connectivity index (χ0) is 23.9. The van der Waals surface area contributed by atoms with E-state index in [1.54, 1.807) is 22.7 Å². The summed E-state index contributed by atoms with van der Waals surface area (Å²) in [4.78, 5) is 23.4. The first-order valence-corrected chi connectivity index (χ1v) is 13.5. The number of morpholine rings is 1. The van der Waals surface area contributed by atoms with Crippen LogP contribution in [0.5, 0.6) is 0 Å². The van der Waals surface area contributed by atoms with Gasteiger partial charge in [-0.2, -0.15) is 0 Å². The number of rotatable bonds is 4. The molecule has 0 aliphatic carbocycles. The average molecular weight is 507 g/mol. The molecule has 35 heavy (non-hydrogen) atoms. The van der Waals surface area contributed by atoms with E-state index >= 15 is 0 Å². The van der Waals surface area contributed by atoms with E-state index in [0.717, 1.165) is 34.6 Å². The number of aromatic nitrogens is 4. The highest BCUT2D eigenvalue weighted by atomic mass is 32.1. The lowest BCUT2D eigenvalue weighted by molar-refractivity contribution is 0.0343. The Hall–Kier alpha value is -3.08. The number of thiophene rings is 1. The van der Waals surface area contributed by atoms with Gasteiger partial charge in [0.2, 0.25) is 0 Å². The number of anilines is 1. The largest absolute Gasteiger partial charge is 0.375 e. The molecule has 5 heterocycles. The molecule has 2 aliphatic heterocycles. The summed E-state index contributed by atoms with van der Waals surface area (Å²) in [6.07, 6.45) is 0.190. The maximum absolute atomic E-state index is 13.2. The van der Waals surface area contributed by atoms with Crippen molar-refractivity contribution in [2.45, 2.75) is 39.1 Å². The number of hydrogen-bond acceptors (Lipinski definition) is 8. The Morgan fingerprint density at radius 2 is 1.94 bits per heavy atom. The summed E-state index contributed by atoms with van der Waals surface area (Å²) in [5.74, 6) is 1.58. The molecule has 1 amide bonds. The molecule has 180 valence electrons. The number of hydrogen-bond donors (Lipinski definition) is 0. The van der Waals surface area contributed by atoms with E-state index in [9.17, 15) is 4.79 Å². The second-order valence-electron chi connectivity index (χ2n) is 9.03. The van der Waals surface area contributed by atoms with Gasteiger partial charge >= 0.3 is 0 Å². The third-order valence-electron chi connectivity index (χ3n) is 6.55. The van der Waals surface area contributed by atoms with Crippen LogP contribution in [0.4, 0.5) is 5.13 Å². The Morgan fingerprint density at radius 1 is 1.09 bits per heavy atom. The first-order valence-electron chi connectivity index (χ1n) is 11.8. The molecule has 10 heteroatoms. The Bertz CT molecular complexity index is 1330. The zero-order valence-electron chi connectivity index (χ0n) is 19.6. The van der Waals surface area contributed by atoms with Crippen molar-refractivity contribution in [3.8, 4) is 22.0 Å². The van der Waals surface area contributed by atoms with Crippen molar-refractivity contribution in [1.82, 2.24) is 24.6 Å². The van der Waals surface area contributed by atoms with Gasteiger partial charge in [-0.15, -0.1) is 32.9 Å². The molecule has 1 saturated heterocycles. The molecule has 4 aromatic rings. The van der Waals surface area contributed by atoms with Gasteiger partial charge in [0.05, 0.1) is 25.3 Å². The Balaban J connectivity index is 1.17. The van der Waals surface area contributed by atoms with Crippen LogP contribution in [0.2, 0.25) is 0 Å². The second-order valence-corrected chi connectivity index (χ2v) is 10.8. The molecule has 2 unspecified atom stereocenters. The summed E-state index contributed by atoms with van der Waals surface area (Å²) in [5.41, 5.74) is 2.65. The Kier molecular flexibility index (Phi) is 5.87. The first kappa shape index (κ1) is 22.4. The molecule has 0 radical (unpaired) electrons. The highest BCUT2D eigenvalue weighted by Crippen LogP contribution is 2.31. The Labute approximate surface area is 211 Å². The van der Waals surface area contributed by atoms with E-state index in [-0.39, 0.29) is 18.1 Å². The lowest BCUT2D eigenvalue weighted by Gasteiger charge is -2.36. The predicted octanol–water partition coefficient (Wildman–Crippen LogP) is 4.40. The fourth-order valence-corrected chi connectivity index (χ4v) is 6.24. The summed E-state index contributed by atoms with van der Waals surface area (Å²) >= 11 is 3.32. The van der Waals surface area contributed by atoms with Crippen molar-refractivity contribution in [2.24, 2.45) is 0 Å². The third kappa shape index (κ3) is 4.26. The molecule has 0 bridgehead atoms. The normalized spacial score (nSPS) is 20.2. The van der Waals surface area contributed by atoms with Crippen molar-refractivity contribution < 1.29 is 9.53 Å². The minimum Gasteiger partial charge on any atom is -0.375 e. The molecule has 1 aromatic carbocycles. The molecular formula is C25H26N6O2S2. The van der Waals surface area contributed by atoms with Gasteiger partial charge in [0, 0.05) is 35.5 Å². The molecular weight excluding hydrogens is 480 g/mol. The second kappa shape index (κ2) is 9.18. The van der Waals surface area contributed by atoms with E-state index in [2.05, 4.69) is 45.0 Å². The van der Waals surface area contributed by atoms with Gasteiger partial charge in [0.15, 0.2) is 16.8 Å². The van der Waals surface area contributed by atoms with Gasteiger partial charge in [0.1, 0.15) is 5.69 Å². The van der Waals surface area contributed by atoms with Crippen LogP contribution in [0.3, 0.4) is 0 Å². The lowest BCUT2D eigenvalue weighted by Crippen LogP contribution is -2.47. The van der Waals surface area contributed by atoms with Crippen LogP contribution in [-0.2, 0) is 17.8 Å². The number of thiazole rings is 1. The first-order chi connectivity index (χ1) is 17.1. The number of carbonyl (C=O) groups is 1. The quantitative estimate of drug-likeness (QED) is 0.408. The number of amides is 1. The number of fused-ring (bicyclic) bond motifs is 1. The van der Waals surface area contributed by atoms with Crippen molar-refractivity contribution in [1.29, 1.82) is 0 Å². The standard InChI is InChI=1S/C25H26N6O2S2/c1-16-14-33-17(2)12-31(16)25-26-20(15-35-25)23-28-27-22-13-29(9-10-30(22)23)24(32)19-7-5-18(6-8-19)21-4-3-11-34-21/h3-8,11,15-17H,9-10,12-14H2,1-2H3. The molecule has 3 aromatic heterocycles.